The zero-order chi connectivity index (χ0) is 13.5. The van der Waals surface area contributed by atoms with Crippen LogP contribution in [0.5, 0.6) is 0 Å². The maximum Gasteiger partial charge on any atom is 0.126 e. The van der Waals surface area contributed by atoms with Crippen LogP contribution in [0.25, 0.3) is 0 Å². The summed E-state index contributed by atoms with van der Waals surface area (Å²) in [6.07, 6.45) is 1.83. The Kier molecular flexibility index (Phi) is 7.05. The van der Waals surface area contributed by atoms with Crippen LogP contribution in [0.3, 0.4) is 0 Å². The van der Waals surface area contributed by atoms with E-state index in [1.54, 1.807) is 12.1 Å². The van der Waals surface area contributed by atoms with Crippen molar-refractivity contribution in [2.24, 2.45) is 0 Å². The molecule has 0 saturated carbocycles. The summed E-state index contributed by atoms with van der Waals surface area (Å²) in [5.41, 5.74) is 0.687. The summed E-state index contributed by atoms with van der Waals surface area (Å²) in [6, 6.07) is 5.02. The zero-order valence-electron chi connectivity index (χ0n) is 11.2. The van der Waals surface area contributed by atoms with Crippen molar-refractivity contribution in [3.05, 3.63) is 34.6 Å². The summed E-state index contributed by atoms with van der Waals surface area (Å²) in [7, 11) is 1.92. The van der Waals surface area contributed by atoms with E-state index in [4.69, 9.17) is 11.6 Å². The zero-order valence-corrected chi connectivity index (χ0v) is 12.7. The van der Waals surface area contributed by atoms with E-state index in [0.29, 0.717) is 22.3 Å². The third-order valence-corrected chi connectivity index (χ3v) is 4.77. The lowest BCUT2D eigenvalue weighted by molar-refractivity contribution is 0.568. The maximum absolute atomic E-state index is 13.6. The van der Waals surface area contributed by atoms with Gasteiger partial charge < -0.3 is 5.32 Å². The van der Waals surface area contributed by atoms with E-state index >= 15 is 0 Å². The van der Waals surface area contributed by atoms with Crippen molar-refractivity contribution < 1.29 is 4.39 Å². The Labute approximate surface area is 118 Å². The molecule has 18 heavy (non-hydrogen) atoms. The van der Waals surface area contributed by atoms with Crippen molar-refractivity contribution in [1.82, 2.24) is 5.32 Å². The highest BCUT2D eigenvalue weighted by Crippen LogP contribution is 2.19. The minimum absolute atomic E-state index is 0.173. The molecule has 1 nitrogen and oxygen atoms in total. The summed E-state index contributed by atoms with van der Waals surface area (Å²) in [5, 5.41) is 4.48. The highest BCUT2D eigenvalue weighted by molar-refractivity contribution is 7.99. The van der Waals surface area contributed by atoms with Gasteiger partial charge in [-0.2, -0.15) is 11.8 Å². The molecule has 0 aliphatic heterocycles. The SMILES string of the molecule is CCC(C)SCC(Cc1cc(Cl)ccc1F)NC. The first-order chi connectivity index (χ1) is 8.56. The van der Waals surface area contributed by atoms with Crippen molar-refractivity contribution in [1.29, 1.82) is 0 Å². The van der Waals surface area contributed by atoms with E-state index in [1.807, 2.05) is 18.8 Å². The molecule has 0 aliphatic carbocycles. The first kappa shape index (κ1) is 15.8. The van der Waals surface area contributed by atoms with E-state index in [2.05, 4.69) is 19.2 Å². The minimum atomic E-state index is -0.173. The molecular weight excluding hydrogens is 269 g/mol. The van der Waals surface area contributed by atoms with Gasteiger partial charge >= 0.3 is 0 Å². The molecule has 1 aromatic carbocycles. The highest BCUT2D eigenvalue weighted by Gasteiger charge is 2.12. The third kappa shape index (κ3) is 5.17. The summed E-state index contributed by atoms with van der Waals surface area (Å²) in [4.78, 5) is 0. The number of rotatable bonds is 7. The standard InChI is InChI=1S/C14H21ClFNS/c1-4-10(2)18-9-13(17-3)8-11-7-12(15)5-6-14(11)16/h5-7,10,13,17H,4,8-9H2,1-3H3. The predicted molar refractivity (Wildman–Crippen MR) is 80.2 cm³/mol. The highest BCUT2D eigenvalue weighted by atomic mass is 35.5. The fourth-order valence-electron chi connectivity index (χ4n) is 1.61. The van der Waals surface area contributed by atoms with Crippen LogP contribution in [-0.4, -0.2) is 24.1 Å². The lowest BCUT2D eigenvalue weighted by Crippen LogP contribution is -2.31. The number of thioether (sulfide) groups is 1. The van der Waals surface area contributed by atoms with E-state index < -0.39 is 0 Å². The number of halogens is 2. The first-order valence-corrected chi connectivity index (χ1v) is 7.72. The largest absolute Gasteiger partial charge is 0.316 e. The van der Waals surface area contributed by atoms with Crippen LogP contribution in [0.1, 0.15) is 25.8 Å². The number of nitrogens with one attached hydrogen (secondary N) is 1. The topological polar surface area (TPSA) is 12.0 Å². The van der Waals surface area contributed by atoms with Crippen LogP contribution >= 0.6 is 23.4 Å². The van der Waals surface area contributed by atoms with E-state index in [1.165, 1.54) is 6.07 Å². The van der Waals surface area contributed by atoms with Crippen molar-refractivity contribution in [2.75, 3.05) is 12.8 Å². The van der Waals surface area contributed by atoms with Gasteiger partial charge in [0, 0.05) is 22.1 Å². The fraction of sp³-hybridized carbons (Fsp3) is 0.571. The molecule has 0 saturated heterocycles. The molecule has 0 amide bonds. The summed E-state index contributed by atoms with van der Waals surface area (Å²) >= 11 is 7.82. The summed E-state index contributed by atoms with van der Waals surface area (Å²) < 4.78 is 13.6. The van der Waals surface area contributed by atoms with Gasteiger partial charge in [0.25, 0.3) is 0 Å². The lowest BCUT2D eigenvalue weighted by Gasteiger charge is -2.18. The quantitative estimate of drug-likeness (QED) is 0.809. The van der Waals surface area contributed by atoms with Crippen LogP contribution in [0.2, 0.25) is 5.02 Å². The molecule has 0 aliphatic rings. The Bertz CT molecular complexity index is 373. The average molecular weight is 290 g/mol. The number of benzene rings is 1. The second-order valence-corrected chi connectivity index (χ2v) is 6.39. The molecule has 1 rings (SSSR count). The molecule has 1 aromatic rings. The van der Waals surface area contributed by atoms with Gasteiger partial charge in [-0.05, 0) is 43.7 Å². The van der Waals surface area contributed by atoms with E-state index in [9.17, 15) is 4.39 Å². The third-order valence-electron chi connectivity index (χ3n) is 3.04. The summed E-state index contributed by atoms with van der Waals surface area (Å²) in [6.45, 7) is 4.40. The summed E-state index contributed by atoms with van der Waals surface area (Å²) in [5.74, 6) is 0.811. The van der Waals surface area contributed by atoms with Gasteiger partial charge in [0.1, 0.15) is 5.82 Å². The van der Waals surface area contributed by atoms with Crippen molar-refractivity contribution >= 4 is 23.4 Å². The van der Waals surface area contributed by atoms with Gasteiger partial charge in [0.15, 0.2) is 0 Å². The van der Waals surface area contributed by atoms with Crippen LogP contribution < -0.4 is 5.32 Å². The van der Waals surface area contributed by atoms with Crippen LogP contribution in [0.4, 0.5) is 4.39 Å². The minimum Gasteiger partial charge on any atom is -0.316 e. The molecular formula is C14H21ClFNS. The van der Waals surface area contributed by atoms with Gasteiger partial charge in [-0.25, -0.2) is 4.39 Å². The molecule has 0 spiro atoms. The van der Waals surface area contributed by atoms with Gasteiger partial charge in [-0.15, -0.1) is 0 Å². The molecule has 0 bridgehead atoms. The Morgan fingerprint density at radius 2 is 2.17 bits per heavy atom. The monoisotopic (exact) mass is 289 g/mol. The first-order valence-electron chi connectivity index (χ1n) is 6.29. The molecule has 0 heterocycles. The molecule has 1 N–H and O–H groups in total. The van der Waals surface area contributed by atoms with Crippen LogP contribution in [0, 0.1) is 5.82 Å². The second-order valence-electron chi connectivity index (χ2n) is 4.48. The molecule has 4 heteroatoms. The average Bonchev–Trinajstić information content (AvgIpc) is 2.37. The molecule has 2 unspecified atom stereocenters. The molecule has 0 radical (unpaired) electrons. The smallest absolute Gasteiger partial charge is 0.126 e. The van der Waals surface area contributed by atoms with Crippen LogP contribution in [0.15, 0.2) is 18.2 Å². The molecule has 2 atom stereocenters. The van der Waals surface area contributed by atoms with Crippen LogP contribution in [-0.2, 0) is 6.42 Å². The van der Waals surface area contributed by atoms with Gasteiger partial charge in [0.2, 0.25) is 0 Å². The number of likely N-dealkylation sites (N-methyl/N-ethyl adjacent to an activating group) is 1. The fourth-order valence-corrected chi connectivity index (χ4v) is 2.88. The Hall–Kier alpha value is -0.250. The van der Waals surface area contributed by atoms with Gasteiger partial charge in [-0.3, -0.25) is 0 Å². The Morgan fingerprint density at radius 3 is 2.78 bits per heavy atom. The van der Waals surface area contributed by atoms with Crippen molar-refractivity contribution in [3.8, 4) is 0 Å². The molecule has 0 fully saturated rings. The predicted octanol–water partition coefficient (Wildman–Crippen LogP) is 4.14. The van der Waals surface area contributed by atoms with Crippen molar-refractivity contribution in [2.45, 2.75) is 38.0 Å². The Balaban J connectivity index is 2.59. The van der Waals surface area contributed by atoms with Crippen molar-refractivity contribution in [3.63, 3.8) is 0 Å². The number of hydrogen-bond acceptors (Lipinski definition) is 2. The second kappa shape index (κ2) is 8.03. The number of hydrogen-bond donors (Lipinski definition) is 1. The maximum atomic E-state index is 13.6. The molecule has 102 valence electrons. The normalized spacial score (nSPS) is 14.5. The lowest BCUT2D eigenvalue weighted by atomic mass is 10.1. The van der Waals surface area contributed by atoms with E-state index in [-0.39, 0.29) is 11.9 Å². The Morgan fingerprint density at radius 1 is 1.44 bits per heavy atom. The van der Waals surface area contributed by atoms with Gasteiger partial charge in [-0.1, -0.05) is 25.4 Å². The molecule has 0 aromatic heterocycles. The van der Waals surface area contributed by atoms with Gasteiger partial charge in [0.05, 0.1) is 0 Å². The van der Waals surface area contributed by atoms with E-state index in [0.717, 1.165) is 12.2 Å².